The van der Waals surface area contributed by atoms with Gasteiger partial charge in [-0.2, -0.15) is 0 Å². The summed E-state index contributed by atoms with van der Waals surface area (Å²) in [4.78, 5) is 0. The summed E-state index contributed by atoms with van der Waals surface area (Å²) in [5, 5.41) is 0. The molecule has 0 fully saturated rings. The van der Waals surface area contributed by atoms with E-state index in [1.54, 1.807) is 0 Å². The largest absolute Gasteiger partial charge is 0.0654 e. The zero-order chi connectivity index (χ0) is 11.2. The number of unbranched alkanes of at least 4 members (excludes halogenated alkanes) is 1. The van der Waals surface area contributed by atoms with E-state index in [1.807, 2.05) is 0 Å². The molecule has 85 valence electrons. The van der Waals surface area contributed by atoms with Gasteiger partial charge in [-0.05, 0) is 36.5 Å². The summed E-state index contributed by atoms with van der Waals surface area (Å²) in [6.07, 6.45) is 9.05. The van der Waals surface area contributed by atoms with Crippen LogP contribution in [-0.2, 0) is 0 Å². The Morgan fingerprint density at radius 2 is 1.50 bits per heavy atom. The number of hydrogen-bond donors (Lipinski definition) is 0. The predicted octanol–water partition coefficient (Wildman–Crippen LogP) is 5.23. The summed E-state index contributed by atoms with van der Waals surface area (Å²) in [6.45, 7) is 14.0. The number of hydrogen-bond acceptors (Lipinski definition) is 0. The lowest BCUT2D eigenvalue weighted by Crippen LogP contribution is -2.13. The highest BCUT2D eigenvalue weighted by molar-refractivity contribution is 4.81. The van der Waals surface area contributed by atoms with Crippen LogP contribution in [0.1, 0.15) is 73.6 Å². The maximum atomic E-state index is 2.48. The van der Waals surface area contributed by atoms with Crippen molar-refractivity contribution in [1.29, 1.82) is 0 Å². The maximum Gasteiger partial charge on any atom is -0.0351 e. The molecular formula is C14H29. The summed E-state index contributed by atoms with van der Waals surface area (Å²) in [5.74, 6) is 0. The summed E-state index contributed by atoms with van der Waals surface area (Å²) in [6, 6.07) is 0. The van der Waals surface area contributed by atoms with Gasteiger partial charge in [0, 0.05) is 0 Å². The molecule has 0 atom stereocenters. The van der Waals surface area contributed by atoms with Crippen LogP contribution in [0.4, 0.5) is 0 Å². The molecule has 0 aromatic carbocycles. The molecule has 0 heterocycles. The van der Waals surface area contributed by atoms with Crippen molar-refractivity contribution in [3.05, 3.63) is 6.42 Å². The molecule has 0 aliphatic heterocycles. The lowest BCUT2D eigenvalue weighted by atomic mass is 9.79. The highest BCUT2D eigenvalue weighted by Gasteiger charge is 2.18. The Bertz CT molecular complexity index is 137. The minimum Gasteiger partial charge on any atom is -0.0654 e. The third-order valence-corrected chi connectivity index (χ3v) is 2.66. The first kappa shape index (κ1) is 14.0. The molecule has 0 aliphatic carbocycles. The van der Waals surface area contributed by atoms with Crippen molar-refractivity contribution in [3.63, 3.8) is 0 Å². The van der Waals surface area contributed by atoms with Gasteiger partial charge in [0.15, 0.2) is 0 Å². The van der Waals surface area contributed by atoms with Gasteiger partial charge in [0.05, 0.1) is 0 Å². The first-order valence-electron chi connectivity index (χ1n) is 6.08. The summed E-state index contributed by atoms with van der Waals surface area (Å²) < 4.78 is 0. The van der Waals surface area contributed by atoms with E-state index in [2.05, 4.69) is 48.0 Å². The van der Waals surface area contributed by atoms with Gasteiger partial charge in [-0.15, -0.1) is 0 Å². The average molecular weight is 197 g/mol. The van der Waals surface area contributed by atoms with Crippen LogP contribution in [0, 0.1) is 17.3 Å². The first-order chi connectivity index (χ1) is 6.27. The van der Waals surface area contributed by atoms with Crippen molar-refractivity contribution in [2.45, 2.75) is 73.6 Å². The minimum atomic E-state index is 0.459. The first-order valence-corrected chi connectivity index (χ1v) is 6.08. The van der Waals surface area contributed by atoms with Gasteiger partial charge >= 0.3 is 0 Å². The molecule has 0 aromatic heterocycles. The van der Waals surface area contributed by atoms with Crippen LogP contribution >= 0.6 is 0 Å². The van der Waals surface area contributed by atoms with E-state index < -0.39 is 0 Å². The molecule has 0 amide bonds. The molecule has 0 saturated carbocycles. The normalized spacial score (nSPS) is 13.3. The van der Waals surface area contributed by atoms with Crippen LogP contribution in [0.5, 0.6) is 0 Å². The molecule has 0 aromatic rings. The van der Waals surface area contributed by atoms with E-state index in [9.17, 15) is 0 Å². The van der Waals surface area contributed by atoms with E-state index >= 15 is 0 Å². The molecule has 14 heavy (non-hydrogen) atoms. The van der Waals surface area contributed by atoms with Crippen molar-refractivity contribution >= 4 is 0 Å². The van der Waals surface area contributed by atoms with Crippen LogP contribution in [0.25, 0.3) is 0 Å². The van der Waals surface area contributed by atoms with Crippen molar-refractivity contribution < 1.29 is 0 Å². The standard InChI is InChI=1S/C14H29/c1-7-8-11-14(5,6)12-9-10-13(2,3)4/h9H,7-8,10-12H2,1-6H3. The zero-order valence-electron chi connectivity index (χ0n) is 11.1. The molecule has 0 saturated heterocycles. The molecule has 1 radical (unpaired) electrons. The second-order valence-corrected chi connectivity index (χ2v) is 6.53. The topological polar surface area (TPSA) is 0 Å². The fraction of sp³-hybridized carbons (Fsp3) is 0.929. The Balaban J connectivity index is 3.65. The van der Waals surface area contributed by atoms with Crippen LogP contribution in [0.2, 0.25) is 0 Å². The minimum absolute atomic E-state index is 0.459. The van der Waals surface area contributed by atoms with Crippen molar-refractivity contribution in [1.82, 2.24) is 0 Å². The predicted molar refractivity (Wildman–Crippen MR) is 66.3 cm³/mol. The molecule has 0 heteroatoms. The van der Waals surface area contributed by atoms with Crippen LogP contribution in [-0.4, -0.2) is 0 Å². The third kappa shape index (κ3) is 8.59. The molecule has 0 spiro atoms. The molecular weight excluding hydrogens is 168 g/mol. The van der Waals surface area contributed by atoms with Gasteiger partial charge in [0.1, 0.15) is 0 Å². The van der Waals surface area contributed by atoms with Crippen molar-refractivity contribution in [3.8, 4) is 0 Å². The summed E-state index contributed by atoms with van der Waals surface area (Å²) in [7, 11) is 0. The molecule has 0 nitrogen and oxygen atoms in total. The van der Waals surface area contributed by atoms with Gasteiger partial charge in [-0.3, -0.25) is 0 Å². The van der Waals surface area contributed by atoms with Gasteiger partial charge in [0.2, 0.25) is 0 Å². The van der Waals surface area contributed by atoms with Gasteiger partial charge < -0.3 is 0 Å². The fourth-order valence-corrected chi connectivity index (χ4v) is 1.65. The summed E-state index contributed by atoms with van der Waals surface area (Å²) in [5.41, 5.74) is 0.974. The van der Waals surface area contributed by atoms with E-state index in [1.165, 1.54) is 32.1 Å². The Morgan fingerprint density at radius 1 is 0.929 bits per heavy atom. The van der Waals surface area contributed by atoms with Crippen molar-refractivity contribution in [2.24, 2.45) is 10.8 Å². The van der Waals surface area contributed by atoms with E-state index in [4.69, 9.17) is 0 Å². The SMILES string of the molecule is CCCCC(C)(C)C[CH]CC(C)(C)C. The molecule has 0 rings (SSSR count). The quantitative estimate of drug-likeness (QED) is 0.546. The van der Waals surface area contributed by atoms with Crippen LogP contribution in [0.3, 0.4) is 0 Å². The monoisotopic (exact) mass is 197 g/mol. The molecule has 0 unspecified atom stereocenters. The second-order valence-electron chi connectivity index (χ2n) is 6.53. The Kier molecular flexibility index (Phi) is 5.78. The van der Waals surface area contributed by atoms with Gasteiger partial charge in [-0.1, -0.05) is 54.4 Å². The highest BCUT2D eigenvalue weighted by Crippen LogP contribution is 2.31. The molecule has 0 aliphatic rings. The Labute approximate surface area is 91.5 Å². The third-order valence-electron chi connectivity index (χ3n) is 2.66. The zero-order valence-corrected chi connectivity index (χ0v) is 11.1. The van der Waals surface area contributed by atoms with Crippen molar-refractivity contribution in [2.75, 3.05) is 0 Å². The van der Waals surface area contributed by atoms with E-state index in [0.717, 1.165) is 0 Å². The van der Waals surface area contributed by atoms with E-state index in [0.29, 0.717) is 10.8 Å². The van der Waals surface area contributed by atoms with Gasteiger partial charge in [0.25, 0.3) is 0 Å². The highest BCUT2D eigenvalue weighted by atomic mass is 14.2. The number of rotatable bonds is 6. The smallest absolute Gasteiger partial charge is 0.0351 e. The molecule has 0 N–H and O–H groups in total. The Hall–Kier alpha value is 0. The second kappa shape index (κ2) is 5.78. The van der Waals surface area contributed by atoms with E-state index in [-0.39, 0.29) is 0 Å². The molecule has 0 bridgehead atoms. The lowest BCUT2D eigenvalue weighted by Gasteiger charge is -2.26. The lowest BCUT2D eigenvalue weighted by molar-refractivity contribution is 0.299. The van der Waals surface area contributed by atoms with Gasteiger partial charge in [-0.25, -0.2) is 0 Å². The average Bonchev–Trinajstić information content (AvgIpc) is 1.98. The van der Waals surface area contributed by atoms with Crippen LogP contribution in [0.15, 0.2) is 0 Å². The summed E-state index contributed by atoms with van der Waals surface area (Å²) >= 11 is 0. The fourth-order valence-electron chi connectivity index (χ4n) is 1.65. The maximum absolute atomic E-state index is 2.48. The Morgan fingerprint density at radius 3 is 1.93 bits per heavy atom. The van der Waals surface area contributed by atoms with Crippen LogP contribution < -0.4 is 0 Å².